The highest BCUT2D eigenvalue weighted by atomic mass is 32.1. The summed E-state index contributed by atoms with van der Waals surface area (Å²) in [6, 6.07) is 4.31. The van der Waals surface area contributed by atoms with Crippen LogP contribution in [0.2, 0.25) is 0 Å². The van der Waals surface area contributed by atoms with Crippen LogP contribution >= 0.6 is 12.6 Å². The van der Waals surface area contributed by atoms with Gasteiger partial charge in [-0.05, 0) is 62.1 Å². The Balaban J connectivity index is 2.57. The molecule has 0 saturated carbocycles. The minimum atomic E-state index is 0.796. The van der Waals surface area contributed by atoms with Crippen molar-refractivity contribution in [3.8, 4) is 5.75 Å². The van der Waals surface area contributed by atoms with Gasteiger partial charge in [0.1, 0.15) is 5.75 Å². The number of hydrogen-bond donors (Lipinski definition) is 1. The first-order chi connectivity index (χ1) is 7.15. The minimum Gasteiger partial charge on any atom is -0.493 e. The lowest BCUT2D eigenvalue weighted by atomic mass is 10.1. The monoisotopic (exact) mass is 224 g/mol. The van der Waals surface area contributed by atoms with Crippen LogP contribution in [0.1, 0.15) is 29.5 Å². The number of ether oxygens (including phenoxy) is 1. The summed E-state index contributed by atoms with van der Waals surface area (Å²) in [4.78, 5) is 0. The van der Waals surface area contributed by atoms with Gasteiger partial charge in [0.05, 0.1) is 6.61 Å². The quantitative estimate of drug-likeness (QED) is 0.592. The fraction of sp³-hybridized carbons (Fsp3) is 0.538. The maximum Gasteiger partial charge on any atom is 0.122 e. The number of unbranched alkanes of at least 4 members (excludes halogenated alkanes) is 1. The molecule has 0 atom stereocenters. The fourth-order valence-corrected chi connectivity index (χ4v) is 1.71. The molecule has 0 heterocycles. The first-order valence-electron chi connectivity index (χ1n) is 5.46. The van der Waals surface area contributed by atoms with Gasteiger partial charge >= 0.3 is 0 Å². The molecule has 2 heteroatoms. The molecule has 0 aliphatic carbocycles. The Hall–Kier alpha value is -0.630. The second-order valence-corrected chi connectivity index (χ2v) is 4.43. The predicted molar refractivity (Wildman–Crippen MR) is 69.2 cm³/mol. The molecule has 0 fully saturated rings. The van der Waals surface area contributed by atoms with Crippen molar-refractivity contribution >= 4 is 12.6 Å². The second kappa shape index (κ2) is 6.06. The molecule has 0 aliphatic rings. The highest BCUT2D eigenvalue weighted by Crippen LogP contribution is 2.22. The van der Waals surface area contributed by atoms with Gasteiger partial charge in [0.25, 0.3) is 0 Å². The summed E-state index contributed by atoms with van der Waals surface area (Å²) < 4.78 is 5.74. The van der Waals surface area contributed by atoms with Gasteiger partial charge < -0.3 is 4.74 Å². The molecule has 0 radical (unpaired) electrons. The van der Waals surface area contributed by atoms with Gasteiger partial charge in [0.2, 0.25) is 0 Å². The zero-order valence-corrected chi connectivity index (χ0v) is 10.7. The number of hydrogen-bond acceptors (Lipinski definition) is 2. The van der Waals surface area contributed by atoms with Crippen molar-refractivity contribution < 1.29 is 4.74 Å². The van der Waals surface area contributed by atoms with E-state index in [1.165, 1.54) is 16.7 Å². The van der Waals surface area contributed by atoms with Crippen LogP contribution < -0.4 is 4.74 Å². The third-order valence-corrected chi connectivity index (χ3v) is 2.92. The third kappa shape index (κ3) is 3.78. The van der Waals surface area contributed by atoms with Gasteiger partial charge in [-0.1, -0.05) is 6.07 Å². The Bertz CT molecular complexity index is 321. The summed E-state index contributed by atoms with van der Waals surface area (Å²) >= 11 is 4.18. The molecule has 15 heavy (non-hydrogen) atoms. The molecule has 0 unspecified atom stereocenters. The van der Waals surface area contributed by atoms with E-state index in [1.807, 2.05) is 0 Å². The van der Waals surface area contributed by atoms with E-state index in [2.05, 4.69) is 45.5 Å². The molecule has 0 N–H and O–H groups in total. The molecule has 0 bridgehead atoms. The van der Waals surface area contributed by atoms with Crippen LogP contribution in [0.4, 0.5) is 0 Å². The van der Waals surface area contributed by atoms with E-state index in [0.29, 0.717) is 0 Å². The van der Waals surface area contributed by atoms with Gasteiger partial charge in [-0.2, -0.15) is 12.6 Å². The van der Waals surface area contributed by atoms with Gasteiger partial charge in [0.15, 0.2) is 0 Å². The fourth-order valence-electron chi connectivity index (χ4n) is 1.49. The number of benzene rings is 1. The van der Waals surface area contributed by atoms with Crippen molar-refractivity contribution in [2.75, 3.05) is 12.4 Å². The normalized spacial score (nSPS) is 10.4. The van der Waals surface area contributed by atoms with Crippen LogP contribution in [-0.4, -0.2) is 12.4 Å². The lowest BCUT2D eigenvalue weighted by Gasteiger charge is -2.11. The molecule has 0 aliphatic heterocycles. The predicted octanol–water partition coefficient (Wildman–Crippen LogP) is 3.70. The molecule has 1 rings (SSSR count). The van der Waals surface area contributed by atoms with E-state index in [-0.39, 0.29) is 0 Å². The standard InChI is InChI=1S/C13H20OS/c1-10-8-12(3)13(9-11(10)2)14-6-4-5-7-15/h8-9,15H,4-7H2,1-3H3. The van der Waals surface area contributed by atoms with Crippen molar-refractivity contribution in [2.24, 2.45) is 0 Å². The minimum absolute atomic E-state index is 0.796. The van der Waals surface area contributed by atoms with Crippen LogP contribution in [0.5, 0.6) is 5.75 Å². The van der Waals surface area contributed by atoms with Crippen LogP contribution in [0.15, 0.2) is 12.1 Å². The molecule has 84 valence electrons. The Morgan fingerprint density at radius 3 is 2.33 bits per heavy atom. The molecule has 0 aromatic heterocycles. The van der Waals surface area contributed by atoms with E-state index in [4.69, 9.17) is 4.74 Å². The molecular weight excluding hydrogens is 204 g/mol. The summed E-state index contributed by atoms with van der Waals surface area (Å²) in [5.41, 5.74) is 3.85. The van der Waals surface area contributed by atoms with Crippen molar-refractivity contribution in [3.05, 3.63) is 28.8 Å². The van der Waals surface area contributed by atoms with Crippen molar-refractivity contribution in [3.63, 3.8) is 0 Å². The summed E-state index contributed by atoms with van der Waals surface area (Å²) in [7, 11) is 0. The topological polar surface area (TPSA) is 9.23 Å². The smallest absolute Gasteiger partial charge is 0.122 e. The molecule has 1 aromatic rings. The van der Waals surface area contributed by atoms with Gasteiger partial charge in [-0.3, -0.25) is 0 Å². The van der Waals surface area contributed by atoms with Crippen molar-refractivity contribution in [2.45, 2.75) is 33.6 Å². The molecule has 0 saturated heterocycles. The first kappa shape index (κ1) is 12.4. The lowest BCUT2D eigenvalue weighted by Crippen LogP contribution is -2.00. The summed E-state index contributed by atoms with van der Waals surface area (Å²) in [5.74, 6) is 1.96. The Morgan fingerprint density at radius 1 is 1.00 bits per heavy atom. The van der Waals surface area contributed by atoms with Crippen LogP contribution in [0, 0.1) is 20.8 Å². The van der Waals surface area contributed by atoms with E-state index in [0.717, 1.165) is 31.0 Å². The summed E-state index contributed by atoms with van der Waals surface area (Å²) in [6.07, 6.45) is 2.20. The SMILES string of the molecule is Cc1cc(C)c(OCCCCS)cc1C. The molecule has 0 spiro atoms. The van der Waals surface area contributed by atoms with E-state index in [1.54, 1.807) is 0 Å². The highest BCUT2D eigenvalue weighted by molar-refractivity contribution is 7.80. The number of rotatable bonds is 5. The number of thiol groups is 1. The molecule has 0 amide bonds. The second-order valence-electron chi connectivity index (χ2n) is 3.98. The van der Waals surface area contributed by atoms with E-state index in [9.17, 15) is 0 Å². The zero-order valence-electron chi connectivity index (χ0n) is 9.84. The Kier molecular flexibility index (Phi) is 5.03. The maximum atomic E-state index is 5.74. The summed E-state index contributed by atoms with van der Waals surface area (Å²) in [6.45, 7) is 7.15. The average molecular weight is 224 g/mol. The molecular formula is C13H20OS. The maximum absolute atomic E-state index is 5.74. The third-order valence-electron chi connectivity index (χ3n) is 2.60. The largest absolute Gasteiger partial charge is 0.493 e. The molecule has 1 aromatic carbocycles. The van der Waals surface area contributed by atoms with Crippen molar-refractivity contribution in [1.29, 1.82) is 0 Å². The Labute approximate surface area is 98.3 Å². The van der Waals surface area contributed by atoms with Crippen LogP contribution in [0.3, 0.4) is 0 Å². The first-order valence-corrected chi connectivity index (χ1v) is 6.10. The van der Waals surface area contributed by atoms with Crippen LogP contribution in [-0.2, 0) is 0 Å². The van der Waals surface area contributed by atoms with Crippen LogP contribution in [0.25, 0.3) is 0 Å². The van der Waals surface area contributed by atoms with E-state index >= 15 is 0 Å². The van der Waals surface area contributed by atoms with E-state index < -0.39 is 0 Å². The Morgan fingerprint density at radius 2 is 1.67 bits per heavy atom. The zero-order chi connectivity index (χ0) is 11.3. The van der Waals surface area contributed by atoms with Crippen molar-refractivity contribution in [1.82, 2.24) is 0 Å². The highest BCUT2D eigenvalue weighted by Gasteiger charge is 2.02. The molecule has 1 nitrogen and oxygen atoms in total. The van der Waals surface area contributed by atoms with Gasteiger partial charge in [-0.15, -0.1) is 0 Å². The summed E-state index contributed by atoms with van der Waals surface area (Å²) in [5, 5.41) is 0. The van der Waals surface area contributed by atoms with Gasteiger partial charge in [0, 0.05) is 0 Å². The number of aryl methyl sites for hydroxylation is 3. The average Bonchev–Trinajstić information content (AvgIpc) is 2.20. The van der Waals surface area contributed by atoms with Gasteiger partial charge in [-0.25, -0.2) is 0 Å². The lowest BCUT2D eigenvalue weighted by molar-refractivity contribution is 0.307.